The molecule has 1 aliphatic rings. The Hall–Kier alpha value is -4.77. The number of nitrogens with one attached hydrogen (secondary N) is 1. The highest BCUT2D eigenvalue weighted by atomic mass is 16.5. The van der Waals surface area contributed by atoms with E-state index in [-0.39, 0.29) is 6.61 Å². The second kappa shape index (κ2) is 9.00. The Labute approximate surface area is 196 Å². The first-order valence-electron chi connectivity index (χ1n) is 10.7. The summed E-state index contributed by atoms with van der Waals surface area (Å²) in [5.74, 6) is -0.0474. The van der Waals surface area contributed by atoms with E-state index in [0.717, 1.165) is 22.3 Å². The fourth-order valence-corrected chi connectivity index (χ4v) is 4.16. The first kappa shape index (κ1) is 21.1. The van der Waals surface area contributed by atoms with Gasteiger partial charge in [0, 0.05) is 5.70 Å². The van der Waals surface area contributed by atoms with Crippen molar-refractivity contribution in [1.29, 1.82) is 5.26 Å². The molecule has 2 heterocycles. The Kier molecular flexibility index (Phi) is 5.58. The number of benzene rings is 3. The maximum absolute atomic E-state index is 13.4. The van der Waals surface area contributed by atoms with Gasteiger partial charge in [0.25, 0.3) is 0 Å². The molecule has 34 heavy (non-hydrogen) atoms. The van der Waals surface area contributed by atoms with Crippen molar-refractivity contribution < 1.29 is 9.53 Å². The third kappa shape index (κ3) is 3.80. The van der Waals surface area contributed by atoms with Crippen molar-refractivity contribution in [1.82, 2.24) is 20.2 Å². The van der Waals surface area contributed by atoms with E-state index in [0.29, 0.717) is 22.8 Å². The van der Waals surface area contributed by atoms with Crippen LogP contribution >= 0.6 is 0 Å². The molecule has 0 radical (unpaired) electrons. The van der Waals surface area contributed by atoms with E-state index < -0.39 is 12.0 Å². The van der Waals surface area contributed by atoms with Gasteiger partial charge in [0.2, 0.25) is 5.95 Å². The molecule has 0 saturated carbocycles. The van der Waals surface area contributed by atoms with Crippen LogP contribution in [0.2, 0.25) is 0 Å². The van der Waals surface area contributed by atoms with Gasteiger partial charge in [-0.1, -0.05) is 77.9 Å². The Morgan fingerprint density at radius 1 is 1.03 bits per heavy atom. The molecule has 0 aliphatic carbocycles. The molecule has 8 heteroatoms. The normalized spacial score (nSPS) is 14.6. The molecular weight excluding hydrogens is 428 g/mol. The quantitative estimate of drug-likeness (QED) is 0.455. The van der Waals surface area contributed by atoms with Crippen LogP contribution in [0.4, 0.5) is 5.95 Å². The van der Waals surface area contributed by atoms with Crippen molar-refractivity contribution in [3.8, 4) is 17.2 Å². The summed E-state index contributed by atoms with van der Waals surface area (Å²) < 4.78 is 7.27. The van der Waals surface area contributed by atoms with Crippen LogP contribution in [0.25, 0.3) is 11.1 Å². The number of esters is 1. The SMILES string of the molecule is CC1=C(C(=O)OCc2ccccc2)C(c2ccccc2-c2ccccc2C#N)n2nnnc2N1. The fraction of sp³-hybridized carbons (Fsp3) is 0.115. The van der Waals surface area contributed by atoms with Crippen LogP contribution in [-0.4, -0.2) is 26.2 Å². The first-order valence-corrected chi connectivity index (χ1v) is 10.7. The molecule has 1 aliphatic heterocycles. The fourth-order valence-electron chi connectivity index (χ4n) is 4.16. The van der Waals surface area contributed by atoms with E-state index in [1.165, 1.54) is 0 Å². The highest BCUT2D eigenvalue weighted by Gasteiger charge is 2.36. The number of rotatable bonds is 5. The van der Waals surface area contributed by atoms with E-state index in [9.17, 15) is 10.1 Å². The van der Waals surface area contributed by atoms with Gasteiger partial charge in [-0.15, -0.1) is 0 Å². The summed E-state index contributed by atoms with van der Waals surface area (Å²) >= 11 is 0. The summed E-state index contributed by atoms with van der Waals surface area (Å²) in [5, 5.41) is 24.8. The van der Waals surface area contributed by atoms with Gasteiger partial charge in [0.1, 0.15) is 12.6 Å². The summed E-state index contributed by atoms with van der Waals surface area (Å²) in [7, 11) is 0. The molecule has 0 spiro atoms. The third-order valence-corrected chi connectivity index (χ3v) is 5.74. The van der Waals surface area contributed by atoms with Crippen LogP contribution in [0.1, 0.15) is 29.7 Å². The van der Waals surface area contributed by atoms with Crippen molar-refractivity contribution in [2.75, 3.05) is 5.32 Å². The largest absolute Gasteiger partial charge is 0.457 e. The lowest BCUT2D eigenvalue weighted by molar-refractivity contribution is -0.140. The van der Waals surface area contributed by atoms with E-state index in [4.69, 9.17) is 4.74 Å². The summed E-state index contributed by atoms with van der Waals surface area (Å²) in [5.41, 5.74) is 4.80. The topological polar surface area (TPSA) is 106 Å². The number of tetrazole rings is 1. The summed E-state index contributed by atoms with van der Waals surface area (Å²) in [6.07, 6.45) is 0. The number of nitrogens with zero attached hydrogens (tertiary/aromatic N) is 5. The maximum Gasteiger partial charge on any atom is 0.338 e. The molecule has 0 fully saturated rings. The maximum atomic E-state index is 13.4. The van der Waals surface area contributed by atoms with Gasteiger partial charge in [-0.05, 0) is 45.7 Å². The number of nitriles is 1. The number of hydrogen-bond donors (Lipinski definition) is 1. The van der Waals surface area contributed by atoms with Crippen molar-refractivity contribution in [2.45, 2.75) is 19.6 Å². The van der Waals surface area contributed by atoms with E-state index >= 15 is 0 Å². The van der Waals surface area contributed by atoms with Gasteiger partial charge in [0.05, 0.1) is 17.2 Å². The first-order chi connectivity index (χ1) is 16.7. The van der Waals surface area contributed by atoms with Gasteiger partial charge in [-0.25, -0.2) is 4.79 Å². The second-order valence-electron chi connectivity index (χ2n) is 7.82. The molecule has 1 aromatic heterocycles. The smallest absolute Gasteiger partial charge is 0.338 e. The Bertz CT molecular complexity index is 1430. The van der Waals surface area contributed by atoms with Gasteiger partial charge < -0.3 is 10.1 Å². The van der Waals surface area contributed by atoms with Gasteiger partial charge in [-0.2, -0.15) is 9.94 Å². The van der Waals surface area contributed by atoms with E-state index in [1.54, 1.807) is 17.7 Å². The number of carbonyl (C=O) groups is 1. The molecule has 0 saturated heterocycles. The Morgan fingerprint density at radius 3 is 2.53 bits per heavy atom. The van der Waals surface area contributed by atoms with Crippen LogP contribution in [0.5, 0.6) is 0 Å². The summed E-state index contributed by atoms with van der Waals surface area (Å²) in [6.45, 7) is 1.95. The predicted octanol–water partition coefficient (Wildman–Crippen LogP) is 4.24. The average molecular weight is 448 g/mol. The van der Waals surface area contributed by atoms with Crippen LogP contribution in [-0.2, 0) is 16.1 Å². The minimum absolute atomic E-state index is 0.143. The molecule has 1 unspecified atom stereocenters. The molecular formula is C26H20N6O2. The van der Waals surface area contributed by atoms with Crippen molar-refractivity contribution in [2.24, 2.45) is 0 Å². The monoisotopic (exact) mass is 448 g/mol. The zero-order valence-electron chi connectivity index (χ0n) is 18.3. The molecule has 1 N–H and O–H groups in total. The number of hydrogen-bond acceptors (Lipinski definition) is 7. The lowest BCUT2D eigenvalue weighted by atomic mass is 9.88. The van der Waals surface area contributed by atoms with Gasteiger partial charge >= 0.3 is 5.97 Å². The number of ether oxygens (including phenoxy) is 1. The van der Waals surface area contributed by atoms with E-state index in [2.05, 4.69) is 26.9 Å². The number of anilines is 1. The average Bonchev–Trinajstić information content (AvgIpc) is 3.35. The van der Waals surface area contributed by atoms with Crippen LogP contribution < -0.4 is 5.32 Å². The zero-order chi connectivity index (χ0) is 23.5. The van der Waals surface area contributed by atoms with Crippen LogP contribution in [0, 0.1) is 11.3 Å². The molecule has 0 amide bonds. The van der Waals surface area contributed by atoms with Crippen LogP contribution in [0.15, 0.2) is 90.1 Å². The van der Waals surface area contributed by atoms with Crippen LogP contribution in [0.3, 0.4) is 0 Å². The molecule has 0 bridgehead atoms. The van der Waals surface area contributed by atoms with Crippen molar-refractivity contribution in [3.63, 3.8) is 0 Å². The number of aromatic nitrogens is 4. The van der Waals surface area contributed by atoms with Gasteiger partial charge in [0.15, 0.2) is 0 Å². The molecule has 1 atom stereocenters. The lowest BCUT2D eigenvalue weighted by Gasteiger charge is -2.29. The van der Waals surface area contributed by atoms with Gasteiger partial charge in [-0.3, -0.25) is 0 Å². The second-order valence-corrected chi connectivity index (χ2v) is 7.82. The summed E-state index contributed by atoms with van der Waals surface area (Å²) in [6, 6.07) is 26.1. The number of fused-ring (bicyclic) bond motifs is 1. The molecule has 3 aromatic carbocycles. The summed E-state index contributed by atoms with van der Waals surface area (Å²) in [4.78, 5) is 13.4. The molecule has 166 valence electrons. The highest BCUT2D eigenvalue weighted by Crippen LogP contribution is 2.40. The molecule has 5 rings (SSSR count). The highest BCUT2D eigenvalue weighted by molar-refractivity contribution is 5.93. The van der Waals surface area contributed by atoms with Crippen molar-refractivity contribution in [3.05, 3.63) is 107 Å². The van der Waals surface area contributed by atoms with Crippen molar-refractivity contribution >= 4 is 11.9 Å². The molecule has 8 nitrogen and oxygen atoms in total. The van der Waals surface area contributed by atoms with E-state index in [1.807, 2.05) is 72.8 Å². The minimum atomic E-state index is -0.641. The zero-order valence-corrected chi connectivity index (χ0v) is 18.3. The Balaban J connectivity index is 1.61. The number of allylic oxidation sites excluding steroid dienone is 1. The molecule has 4 aromatic rings. The number of carbonyl (C=O) groups excluding carboxylic acids is 1. The third-order valence-electron chi connectivity index (χ3n) is 5.74. The lowest BCUT2D eigenvalue weighted by Crippen LogP contribution is -2.30. The Morgan fingerprint density at radius 2 is 1.74 bits per heavy atom. The minimum Gasteiger partial charge on any atom is -0.457 e. The predicted molar refractivity (Wildman–Crippen MR) is 125 cm³/mol. The standard InChI is InChI=1S/C26H20N6O2/c1-17-23(25(33)34-16-18-9-3-2-4-10-18)24(32-26(28-17)29-30-31-32)22-14-8-7-13-21(22)20-12-6-5-11-19(20)15-27/h2-14,24H,16H2,1H3,(H,28,29,31).